The molecule has 1 aromatic carbocycles. The summed E-state index contributed by atoms with van der Waals surface area (Å²) in [5.74, 6) is -0.541. The van der Waals surface area contributed by atoms with E-state index in [0.29, 0.717) is 0 Å². The summed E-state index contributed by atoms with van der Waals surface area (Å²) in [6.45, 7) is 0. The number of aromatic nitrogens is 2. The first-order valence-electron chi connectivity index (χ1n) is 4.86. The highest BCUT2D eigenvalue weighted by molar-refractivity contribution is 9.10. The number of benzene rings is 1. The predicted molar refractivity (Wildman–Crippen MR) is 68.1 cm³/mol. The molecule has 0 fully saturated rings. The van der Waals surface area contributed by atoms with Gasteiger partial charge in [-0.3, -0.25) is 9.40 Å². The fraction of sp³-hybridized carbons (Fsp3) is 0.100. The largest absolute Gasteiger partial charge is 0.279 e. The van der Waals surface area contributed by atoms with E-state index in [1.165, 1.54) is 36.1 Å². The van der Waals surface area contributed by atoms with Gasteiger partial charge in [-0.25, -0.2) is 4.39 Å². The molecule has 0 bridgehead atoms. The van der Waals surface area contributed by atoms with Crippen LogP contribution in [0.2, 0.25) is 0 Å². The van der Waals surface area contributed by atoms with Gasteiger partial charge in [0.2, 0.25) is 0 Å². The zero-order chi connectivity index (χ0) is 13.3. The van der Waals surface area contributed by atoms with Crippen molar-refractivity contribution in [2.45, 2.75) is 5.03 Å². The Morgan fingerprint density at radius 2 is 2.11 bits per heavy atom. The lowest BCUT2D eigenvalue weighted by Crippen LogP contribution is -2.16. The normalized spacial score (nSPS) is 11.5. The van der Waals surface area contributed by atoms with Crippen LogP contribution in [0.15, 0.2) is 40.0 Å². The van der Waals surface area contributed by atoms with Gasteiger partial charge in [0.15, 0.2) is 5.03 Å². The molecule has 0 atom stereocenters. The second-order valence-corrected chi connectivity index (χ2v) is 6.01. The van der Waals surface area contributed by atoms with Crippen molar-refractivity contribution >= 4 is 31.6 Å². The lowest BCUT2D eigenvalue weighted by molar-refractivity contribution is 0.582. The Labute approximate surface area is 112 Å². The minimum atomic E-state index is -3.76. The van der Waals surface area contributed by atoms with Crippen LogP contribution in [0.1, 0.15) is 0 Å². The topological polar surface area (TPSA) is 64.0 Å². The van der Waals surface area contributed by atoms with Gasteiger partial charge in [-0.1, -0.05) is 0 Å². The monoisotopic (exact) mass is 333 g/mol. The van der Waals surface area contributed by atoms with E-state index in [0.717, 1.165) is 6.07 Å². The van der Waals surface area contributed by atoms with Crippen molar-refractivity contribution in [2.24, 2.45) is 7.05 Å². The number of halogens is 2. The molecule has 5 nitrogen and oxygen atoms in total. The molecule has 2 aromatic rings. The Bertz CT molecular complexity index is 684. The highest BCUT2D eigenvalue weighted by atomic mass is 79.9. The van der Waals surface area contributed by atoms with Crippen LogP contribution in [-0.4, -0.2) is 18.2 Å². The molecule has 1 N–H and O–H groups in total. The third-order valence-electron chi connectivity index (χ3n) is 2.22. The first kappa shape index (κ1) is 13.0. The summed E-state index contributed by atoms with van der Waals surface area (Å²) < 4.78 is 41.0. The molecule has 96 valence electrons. The summed E-state index contributed by atoms with van der Waals surface area (Å²) in [5.41, 5.74) is 0.150. The molecule has 2 rings (SSSR count). The number of hydrogen-bond acceptors (Lipinski definition) is 3. The highest BCUT2D eigenvalue weighted by Crippen LogP contribution is 2.21. The molecule has 0 aliphatic heterocycles. The number of anilines is 1. The Balaban J connectivity index is 2.34. The molecule has 0 amide bonds. The molecular formula is C10H9BrFN3O2S. The van der Waals surface area contributed by atoms with E-state index < -0.39 is 15.8 Å². The van der Waals surface area contributed by atoms with E-state index in [9.17, 15) is 12.8 Å². The smallest absolute Gasteiger partial charge is 0.278 e. The summed E-state index contributed by atoms with van der Waals surface area (Å²) in [6.07, 6.45) is 1.37. The first-order chi connectivity index (χ1) is 8.40. The van der Waals surface area contributed by atoms with Crippen molar-refractivity contribution in [3.8, 4) is 0 Å². The molecule has 0 unspecified atom stereocenters. The van der Waals surface area contributed by atoms with Gasteiger partial charge in [-0.2, -0.15) is 13.5 Å². The second-order valence-electron chi connectivity index (χ2n) is 3.53. The number of hydrogen-bond donors (Lipinski definition) is 1. The average molecular weight is 334 g/mol. The quantitative estimate of drug-likeness (QED) is 0.935. The van der Waals surface area contributed by atoms with E-state index in [4.69, 9.17) is 0 Å². The second kappa shape index (κ2) is 4.69. The fourth-order valence-corrected chi connectivity index (χ4v) is 2.82. The van der Waals surface area contributed by atoms with Gasteiger partial charge >= 0.3 is 0 Å². The lowest BCUT2D eigenvalue weighted by Gasteiger charge is -2.08. The van der Waals surface area contributed by atoms with E-state index >= 15 is 0 Å². The van der Waals surface area contributed by atoms with Gasteiger partial charge in [-0.05, 0) is 40.2 Å². The molecule has 1 aromatic heterocycles. The third-order valence-corrected chi connectivity index (χ3v) is 4.32. The van der Waals surface area contributed by atoms with Crippen molar-refractivity contribution in [1.82, 2.24) is 9.78 Å². The van der Waals surface area contributed by atoms with Crippen molar-refractivity contribution in [3.63, 3.8) is 0 Å². The first-order valence-corrected chi connectivity index (χ1v) is 7.13. The summed E-state index contributed by atoms with van der Waals surface area (Å²) in [7, 11) is -2.25. The molecular weight excluding hydrogens is 325 g/mol. The Morgan fingerprint density at radius 3 is 2.67 bits per heavy atom. The Hall–Kier alpha value is -1.41. The van der Waals surface area contributed by atoms with Crippen LogP contribution in [0, 0.1) is 5.82 Å². The van der Waals surface area contributed by atoms with Crippen LogP contribution in [0.4, 0.5) is 10.1 Å². The maximum absolute atomic E-state index is 13.3. The minimum absolute atomic E-state index is 0.00540. The van der Waals surface area contributed by atoms with Crippen molar-refractivity contribution in [2.75, 3.05) is 4.72 Å². The standard InChI is InChI=1S/C10H9BrFN3O2S/c1-15-10(4-5-13-15)18(16,17)14-7-2-3-8(11)9(12)6-7/h2-6,14H,1H3. The summed E-state index contributed by atoms with van der Waals surface area (Å²) >= 11 is 2.99. The Kier molecular flexibility index (Phi) is 3.40. The maximum atomic E-state index is 13.3. The van der Waals surface area contributed by atoms with Gasteiger partial charge < -0.3 is 0 Å². The zero-order valence-electron chi connectivity index (χ0n) is 9.26. The van der Waals surface area contributed by atoms with Gasteiger partial charge in [0, 0.05) is 7.05 Å². The third kappa shape index (κ3) is 2.54. The summed E-state index contributed by atoms with van der Waals surface area (Å²) in [5, 5.41) is 3.78. The van der Waals surface area contributed by atoms with E-state index in [1.807, 2.05) is 0 Å². The molecule has 1 heterocycles. The van der Waals surface area contributed by atoms with Crippen molar-refractivity contribution in [3.05, 3.63) is 40.8 Å². The number of aryl methyl sites for hydroxylation is 1. The number of sulfonamides is 1. The molecule has 0 saturated carbocycles. The molecule has 18 heavy (non-hydrogen) atoms. The van der Waals surface area contributed by atoms with Crippen LogP contribution in [0.3, 0.4) is 0 Å². The van der Waals surface area contributed by atoms with E-state index in [2.05, 4.69) is 25.8 Å². The van der Waals surface area contributed by atoms with Gasteiger partial charge in [0.1, 0.15) is 5.82 Å². The highest BCUT2D eigenvalue weighted by Gasteiger charge is 2.18. The summed E-state index contributed by atoms with van der Waals surface area (Å²) in [6, 6.07) is 5.34. The number of rotatable bonds is 3. The Morgan fingerprint density at radius 1 is 1.39 bits per heavy atom. The van der Waals surface area contributed by atoms with Crippen LogP contribution >= 0.6 is 15.9 Å². The molecule has 8 heteroatoms. The van der Waals surface area contributed by atoms with Crippen molar-refractivity contribution < 1.29 is 12.8 Å². The molecule has 0 aliphatic rings. The van der Waals surface area contributed by atoms with Crippen LogP contribution in [0.25, 0.3) is 0 Å². The lowest BCUT2D eigenvalue weighted by atomic mass is 10.3. The summed E-state index contributed by atoms with van der Waals surface area (Å²) in [4.78, 5) is 0. The van der Waals surface area contributed by atoms with E-state index in [1.54, 1.807) is 0 Å². The van der Waals surface area contributed by atoms with Crippen LogP contribution in [-0.2, 0) is 17.1 Å². The van der Waals surface area contributed by atoms with Gasteiger partial charge in [0.25, 0.3) is 10.0 Å². The molecule has 0 spiro atoms. The molecule has 0 aliphatic carbocycles. The fourth-order valence-electron chi connectivity index (χ4n) is 1.39. The van der Waals surface area contributed by atoms with Crippen LogP contribution in [0.5, 0.6) is 0 Å². The molecule has 0 radical (unpaired) electrons. The molecule has 0 saturated heterocycles. The number of nitrogens with zero attached hydrogens (tertiary/aromatic N) is 2. The van der Waals surface area contributed by atoms with E-state index in [-0.39, 0.29) is 15.2 Å². The average Bonchev–Trinajstić information content (AvgIpc) is 2.70. The minimum Gasteiger partial charge on any atom is -0.278 e. The van der Waals surface area contributed by atoms with Crippen LogP contribution < -0.4 is 4.72 Å². The van der Waals surface area contributed by atoms with Gasteiger partial charge in [-0.15, -0.1) is 0 Å². The SMILES string of the molecule is Cn1nccc1S(=O)(=O)Nc1ccc(Br)c(F)c1. The number of nitrogens with one attached hydrogen (secondary N) is 1. The van der Waals surface area contributed by atoms with Gasteiger partial charge in [0.05, 0.1) is 16.4 Å². The predicted octanol–water partition coefficient (Wildman–Crippen LogP) is 2.12. The van der Waals surface area contributed by atoms with Crippen molar-refractivity contribution in [1.29, 1.82) is 0 Å². The zero-order valence-corrected chi connectivity index (χ0v) is 11.7. The maximum Gasteiger partial charge on any atom is 0.279 e.